The number of carbonyl (C=O) groups excluding carboxylic acids is 1. The number of ether oxygens (including phenoxy) is 2. The first-order valence-corrected chi connectivity index (χ1v) is 6.64. The van der Waals surface area contributed by atoms with Gasteiger partial charge in [0.05, 0.1) is 31.6 Å². The molecule has 1 aliphatic heterocycles. The fourth-order valence-corrected chi connectivity index (χ4v) is 2.71. The number of benzene rings is 1. The Kier molecular flexibility index (Phi) is 4.24. The number of carbonyl (C=O) groups is 1. The average molecular weight is 314 g/mol. The van der Waals surface area contributed by atoms with Crippen LogP contribution < -0.4 is 4.90 Å². The minimum atomic E-state index is -0.290. The minimum absolute atomic E-state index is 0.290. The first-order valence-electron chi connectivity index (χ1n) is 5.84. The molecule has 0 N–H and O–H groups in total. The molecule has 18 heavy (non-hydrogen) atoms. The molecule has 0 spiro atoms. The number of rotatable bonds is 2. The Hall–Kier alpha value is -1.07. The van der Waals surface area contributed by atoms with Crippen molar-refractivity contribution in [1.29, 1.82) is 0 Å². The Morgan fingerprint density at radius 3 is 2.67 bits per heavy atom. The van der Waals surface area contributed by atoms with E-state index in [-0.39, 0.29) is 5.97 Å². The number of halogens is 1. The van der Waals surface area contributed by atoms with E-state index in [9.17, 15) is 4.79 Å². The summed E-state index contributed by atoms with van der Waals surface area (Å²) in [5.41, 5.74) is 2.47. The summed E-state index contributed by atoms with van der Waals surface area (Å²) >= 11 is 3.47. The second-order valence-corrected chi connectivity index (χ2v) is 5.12. The van der Waals surface area contributed by atoms with Crippen molar-refractivity contribution in [2.75, 3.05) is 38.3 Å². The molecule has 0 saturated carbocycles. The van der Waals surface area contributed by atoms with Crippen molar-refractivity contribution in [3.05, 3.63) is 27.7 Å². The SMILES string of the molecule is COC(=O)c1c(C)cc(Br)cc1N1CCOCC1. The van der Waals surface area contributed by atoms with Gasteiger partial charge < -0.3 is 14.4 Å². The van der Waals surface area contributed by atoms with Crippen LogP contribution >= 0.6 is 15.9 Å². The molecule has 0 aromatic heterocycles. The Labute approximate surface area is 115 Å². The normalized spacial score (nSPS) is 15.6. The van der Waals surface area contributed by atoms with Crippen LogP contribution in [0.5, 0.6) is 0 Å². The molecule has 0 unspecified atom stereocenters. The third kappa shape index (κ3) is 2.67. The van der Waals surface area contributed by atoms with E-state index in [2.05, 4.69) is 20.8 Å². The van der Waals surface area contributed by atoms with E-state index in [1.807, 2.05) is 19.1 Å². The van der Waals surface area contributed by atoms with Gasteiger partial charge in [-0.2, -0.15) is 0 Å². The van der Waals surface area contributed by atoms with E-state index in [0.717, 1.165) is 28.8 Å². The van der Waals surface area contributed by atoms with Crippen LogP contribution in [0.2, 0.25) is 0 Å². The molecule has 0 radical (unpaired) electrons. The molecule has 1 aromatic rings. The molecule has 1 aromatic carbocycles. The highest BCUT2D eigenvalue weighted by Gasteiger charge is 2.21. The lowest BCUT2D eigenvalue weighted by Gasteiger charge is -2.30. The van der Waals surface area contributed by atoms with Gasteiger partial charge in [-0.1, -0.05) is 15.9 Å². The van der Waals surface area contributed by atoms with Crippen LogP contribution in [0.25, 0.3) is 0 Å². The standard InChI is InChI=1S/C13H16BrNO3/c1-9-7-10(14)8-11(12(9)13(16)17-2)15-3-5-18-6-4-15/h7-8H,3-6H2,1-2H3. The van der Waals surface area contributed by atoms with Crippen LogP contribution in [0.1, 0.15) is 15.9 Å². The van der Waals surface area contributed by atoms with Gasteiger partial charge in [-0.05, 0) is 24.6 Å². The monoisotopic (exact) mass is 313 g/mol. The van der Waals surface area contributed by atoms with Crippen LogP contribution in [0, 0.1) is 6.92 Å². The second kappa shape index (κ2) is 5.71. The van der Waals surface area contributed by atoms with Crippen LogP contribution in [0.4, 0.5) is 5.69 Å². The second-order valence-electron chi connectivity index (χ2n) is 4.21. The molecule has 0 bridgehead atoms. The zero-order valence-corrected chi connectivity index (χ0v) is 12.1. The molecule has 0 amide bonds. The van der Waals surface area contributed by atoms with E-state index in [0.29, 0.717) is 18.8 Å². The average Bonchev–Trinajstić information content (AvgIpc) is 2.38. The summed E-state index contributed by atoms with van der Waals surface area (Å²) in [7, 11) is 1.41. The highest BCUT2D eigenvalue weighted by Crippen LogP contribution is 2.29. The Balaban J connectivity index is 2.45. The number of esters is 1. The summed E-state index contributed by atoms with van der Waals surface area (Å²) in [6, 6.07) is 3.89. The first kappa shape index (κ1) is 13.4. The lowest BCUT2D eigenvalue weighted by Crippen LogP contribution is -2.37. The van der Waals surface area contributed by atoms with Crippen molar-refractivity contribution in [1.82, 2.24) is 0 Å². The van der Waals surface area contributed by atoms with Gasteiger partial charge in [-0.15, -0.1) is 0 Å². The lowest BCUT2D eigenvalue weighted by molar-refractivity contribution is 0.0599. The minimum Gasteiger partial charge on any atom is -0.465 e. The number of morpholine rings is 1. The lowest BCUT2D eigenvalue weighted by atomic mass is 10.1. The van der Waals surface area contributed by atoms with Gasteiger partial charge in [0.1, 0.15) is 0 Å². The number of hydrogen-bond acceptors (Lipinski definition) is 4. The molecular formula is C13H16BrNO3. The van der Waals surface area contributed by atoms with Crippen molar-refractivity contribution in [2.45, 2.75) is 6.92 Å². The molecular weight excluding hydrogens is 298 g/mol. The van der Waals surface area contributed by atoms with Crippen molar-refractivity contribution < 1.29 is 14.3 Å². The number of hydrogen-bond donors (Lipinski definition) is 0. The molecule has 0 atom stereocenters. The first-order chi connectivity index (χ1) is 8.63. The van der Waals surface area contributed by atoms with Crippen LogP contribution in [0.15, 0.2) is 16.6 Å². The molecule has 5 heteroatoms. The van der Waals surface area contributed by atoms with Crippen LogP contribution in [-0.2, 0) is 9.47 Å². The van der Waals surface area contributed by atoms with Gasteiger partial charge in [0.25, 0.3) is 0 Å². The van der Waals surface area contributed by atoms with Gasteiger partial charge >= 0.3 is 5.97 Å². The summed E-state index contributed by atoms with van der Waals surface area (Å²) in [6.07, 6.45) is 0. The highest BCUT2D eigenvalue weighted by atomic mass is 79.9. The Morgan fingerprint density at radius 1 is 1.39 bits per heavy atom. The topological polar surface area (TPSA) is 38.8 Å². The molecule has 4 nitrogen and oxygen atoms in total. The zero-order chi connectivity index (χ0) is 13.1. The van der Waals surface area contributed by atoms with Gasteiger partial charge in [-0.3, -0.25) is 0 Å². The predicted octanol–water partition coefficient (Wildman–Crippen LogP) is 2.38. The van der Waals surface area contributed by atoms with E-state index in [1.54, 1.807) is 0 Å². The number of aryl methyl sites for hydroxylation is 1. The molecule has 1 aliphatic rings. The quantitative estimate of drug-likeness (QED) is 0.786. The summed E-state index contributed by atoms with van der Waals surface area (Å²) in [6.45, 7) is 4.87. The van der Waals surface area contributed by atoms with Crippen molar-refractivity contribution in [3.8, 4) is 0 Å². The van der Waals surface area contributed by atoms with Crippen molar-refractivity contribution in [3.63, 3.8) is 0 Å². The molecule has 1 heterocycles. The van der Waals surface area contributed by atoms with Gasteiger partial charge in [0.2, 0.25) is 0 Å². The smallest absolute Gasteiger partial charge is 0.340 e. The predicted molar refractivity (Wildman–Crippen MR) is 73.3 cm³/mol. The fraction of sp³-hybridized carbons (Fsp3) is 0.462. The number of methoxy groups -OCH3 is 1. The van der Waals surface area contributed by atoms with Gasteiger partial charge in [-0.25, -0.2) is 4.79 Å². The zero-order valence-electron chi connectivity index (χ0n) is 10.5. The van der Waals surface area contributed by atoms with E-state index >= 15 is 0 Å². The van der Waals surface area contributed by atoms with Crippen molar-refractivity contribution in [2.24, 2.45) is 0 Å². The molecule has 98 valence electrons. The maximum atomic E-state index is 11.9. The molecule has 1 fully saturated rings. The Bertz CT molecular complexity index is 456. The van der Waals surface area contributed by atoms with Crippen LogP contribution in [0.3, 0.4) is 0 Å². The number of nitrogens with zero attached hydrogens (tertiary/aromatic N) is 1. The molecule has 0 aliphatic carbocycles. The Morgan fingerprint density at radius 2 is 2.06 bits per heavy atom. The number of anilines is 1. The third-order valence-corrected chi connectivity index (χ3v) is 3.48. The largest absolute Gasteiger partial charge is 0.465 e. The van der Waals surface area contributed by atoms with Crippen molar-refractivity contribution >= 4 is 27.6 Å². The third-order valence-electron chi connectivity index (χ3n) is 3.02. The molecule has 1 saturated heterocycles. The molecule has 2 rings (SSSR count). The van der Waals surface area contributed by atoms with E-state index in [4.69, 9.17) is 9.47 Å². The van der Waals surface area contributed by atoms with E-state index in [1.165, 1.54) is 7.11 Å². The highest BCUT2D eigenvalue weighted by molar-refractivity contribution is 9.10. The fourth-order valence-electron chi connectivity index (χ4n) is 2.15. The summed E-state index contributed by atoms with van der Waals surface area (Å²) in [5.74, 6) is -0.290. The van der Waals surface area contributed by atoms with Gasteiger partial charge in [0.15, 0.2) is 0 Å². The summed E-state index contributed by atoms with van der Waals surface area (Å²) < 4.78 is 11.2. The summed E-state index contributed by atoms with van der Waals surface area (Å²) in [4.78, 5) is 14.1. The summed E-state index contributed by atoms with van der Waals surface area (Å²) in [5, 5.41) is 0. The van der Waals surface area contributed by atoms with Crippen LogP contribution in [-0.4, -0.2) is 39.4 Å². The maximum absolute atomic E-state index is 11.9. The van der Waals surface area contributed by atoms with E-state index < -0.39 is 0 Å². The van der Waals surface area contributed by atoms with Gasteiger partial charge in [0, 0.05) is 17.6 Å². The maximum Gasteiger partial charge on any atom is 0.340 e.